The van der Waals surface area contributed by atoms with Crippen LogP contribution in [0, 0.1) is 35.5 Å². The van der Waals surface area contributed by atoms with E-state index in [0.717, 1.165) is 14.9 Å². The summed E-state index contributed by atoms with van der Waals surface area (Å²) in [6, 6.07) is -13.2. The van der Waals surface area contributed by atoms with Crippen molar-refractivity contribution in [2.75, 3.05) is 62.6 Å². The van der Waals surface area contributed by atoms with Gasteiger partial charge in [-0.3, -0.25) is 62.5 Å². The Bertz CT molecular complexity index is 2830. The van der Waals surface area contributed by atoms with Gasteiger partial charge in [-0.2, -0.15) is 0 Å². The molecule has 0 unspecified atom stereocenters. The van der Waals surface area contributed by atoms with Gasteiger partial charge in [0.1, 0.15) is 72.1 Å². The van der Waals surface area contributed by atoms with E-state index in [1.54, 1.807) is 62.3 Å². The zero-order chi connectivity index (χ0) is 78.2. The highest BCUT2D eigenvalue weighted by atomic mass is 16.7. The molecule has 29 nitrogen and oxygen atoms in total. The van der Waals surface area contributed by atoms with E-state index in [4.69, 9.17) is 23.8 Å². The van der Waals surface area contributed by atoms with Crippen LogP contribution in [0.1, 0.15) is 190 Å². The van der Waals surface area contributed by atoms with Crippen LogP contribution in [0.15, 0.2) is 12.2 Å². The van der Waals surface area contributed by atoms with Crippen LogP contribution in [0.3, 0.4) is 0 Å². The third-order valence-electron chi connectivity index (χ3n) is 17.9. The van der Waals surface area contributed by atoms with E-state index in [1.165, 1.54) is 96.7 Å². The van der Waals surface area contributed by atoms with Gasteiger partial charge < -0.3 is 64.7 Å². The monoisotopic (exact) mass is 1430 g/mol. The molecule has 1 aliphatic heterocycles. The number of unbranched alkanes of at least 4 members (excludes halogenated alkanes) is 1. The van der Waals surface area contributed by atoms with Crippen molar-refractivity contribution in [3.05, 3.63) is 12.2 Å². The number of nitrogens with zero attached hydrogens (tertiary/aromatic N) is 7. The number of hydroxylamine groups is 2. The summed E-state index contributed by atoms with van der Waals surface area (Å²) in [6.45, 7) is 35.9. The fourth-order valence-electron chi connectivity index (χ4n) is 11.8. The number of carbonyl (C=O) groups is 13. The Balaban J connectivity index is 3.58. The summed E-state index contributed by atoms with van der Waals surface area (Å²) in [6.07, 6.45) is 3.23. The highest BCUT2D eigenvalue weighted by molar-refractivity contribution is 5.99. The molecule has 1 heterocycles. The second kappa shape index (κ2) is 42.2. The molecule has 0 radical (unpaired) electrons. The molecule has 578 valence electrons. The lowest BCUT2D eigenvalue weighted by Gasteiger charge is -2.50. The number of ether oxygens (including phenoxy) is 4. The minimum Gasteiger partial charge on any atom is -0.467 e. The highest BCUT2D eigenvalue weighted by Gasteiger charge is 2.54. The van der Waals surface area contributed by atoms with Gasteiger partial charge in [0, 0.05) is 55.8 Å². The van der Waals surface area contributed by atoms with Gasteiger partial charge in [-0.15, -0.1) is 0 Å². The number of likely N-dealkylation sites (N-methyl/N-ethyl adjacent to an activating group) is 6. The topological polar surface area (TPSA) is 339 Å². The van der Waals surface area contributed by atoms with Crippen LogP contribution in [-0.4, -0.2) is 258 Å². The van der Waals surface area contributed by atoms with Gasteiger partial charge in [-0.05, 0) is 136 Å². The van der Waals surface area contributed by atoms with E-state index in [1.807, 2.05) is 67.5 Å². The molecule has 0 spiro atoms. The lowest BCUT2D eigenvalue weighted by molar-refractivity contribution is -0.321. The van der Waals surface area contributed by atoms with Crippen LogP contribution >= 0.6 is 0 Å². The average Bonchev–Trinajstić information content (AvgIpc) is 0.755. The standard InChI is InChI=1S/C72H127N11O18/c1-29-31-34-45(13)59-58(63(88)75-51(30-2)70(95)97-28)83(101-59)69(94)56(44(11)12)81(26)67(92)54(39-42(7)8)80(25)66(91)53(38-41(5)6)79(24)64(89)47(15)74-60(85)46(14)73-61(86)52(37-40(3)4)78(23)68(93)55(43(9)10)76-62(87)57(49(17)98-35-32-33-36-99-50(18)84)82(27)65(90)48(16)77(22)71(96)100-72(19,20)21/h29,31,40-49,51-59H,30,32-39H2,1-28H3,(H,73,86)(H,74,85)(H,75,88)(H,76,87)/t45-,46+,47-,48-,49+,51+,52+,53+,54+,55+,56+,57+,58+,59-/m1/s1. The molecule has 0 aromatic heterocycles. The van der Waals surface area contributed by atoms with Crippen LogP contribution in [0.4, 0.5) is 4.79 Å². The Hall–Kier alpha value is -7.43. The molecule has 14 atom stereocenters. The third-order valence-corrected chi connectivity index (χ3v) is 17.9. The summed E-state index contributed by atoms with van der Waals surface area (Å²) in [7, 11) is 9.71. The smallest absolute Gasteiger partial charge is 0.410 e. The van der Waals surface area contributed by atoms with Crippen LogP contribution in [0.25, 0.3) is 0 Å². The zero-order valence-corrected chi connectivity index (χ0v) is 66.0. The van der Waals surface area contributed by atoms with Gasteiger partial charge in [0.15, 0.2) is 6.04 Å². The first-order chi connectivity index (χ1) is 46.7. The first-order valence-electron chi connectivity index (χ1n) is 35.6. The number of methoxy groups -OCH3 is 1. The molecular weight excluding hydrogens is 1310 g/mol. The minimum absolute atomic E-state index is 0.101. The number of hydrogen-bond acceptors (Lipinski definition) is 18. The Morgan fingerprint density at radius 3 is 1.51 bits per heavy atom. The van der Waals surface area contributed by atoms with Gasteiger partial charge in [0.05, 0.1) is 19.8 Å². The van der Waals surface area contributed by atoms with Gasteiger partial charge in [-0.1, -0.05) is 95.2 Å². The minimum atomic E-state index is -1.37. The molecule has 0 aromatic carbocycles. The lowest BCUT2D eigenvalue weighted by Crippen LogP contribution is -2.71. The van der Waals surface area contributed by atoms with E-state index in [-0.39, 0.29) is 62.6 Å². The number of rotatable bonds is 40. The van der Waals surface area contributed by atoms with Crippen LogP contribution < -0.4 is 21.3 Å². The second-order valence-corrected chi connectivity index (χ2v) is 29.9. The predicted molar refractivity (Wildman–Crippen MR) is 381 cm³/mol. The van der Waals surface area contributed by atoms with E-state index >= 15 is 9.59 Å². The SMILES string of the molecule is CC=CC[C@@H](C)[C@H]1ON(C(=O)[C@H](C(C)C)N(C)C(=O)[C@H](CC(C)C)N(C)C(=O)[C@H](CC(C)C)N(C)C(=O)[C@@H](C)NC(=O)[C@H](C)NC(=O)[C@H](CC(C)C)N(C)C(=O)[C@@H](NC(=O)[C@H]([C@H](C)OCCCCOC(C)=O)N(C)C(=O)[C@@H](C)N(C)C(=O)OC(C)(C)C)C(C)C)[C@@H]1C(=O)N[C@@H](CC)C(=O)OC. The fraction of sp³-hybridized carbons (Fsp3) is 0.792. The molecule has 0 saturated carbocycles. The first-order valence-corrected chi connectivity index (χ1v) is 35.6. The van der Waals surface area contributed by atoms with Crippen LogP contribution in [0.2, 0.25) is 0 Å². The van der Waals surface area contributed by atoms with E-state index < -0.39 is 173 Å². The molecule has 1 fully saturated rings. The average molecular weight is 1430 g/mol. The van der Waals surface area contributed by atoms with Crippen molar-refractivity contribution in [1.29, 1.82) is 0 Å². The first kappa shape index (κ1) is 91.6. The lowest BCUT2D eigenvalue weighted by atomic mass is 9.90. The van der Waals surface area contributed by atoms with E-state index in [2.05, 4.69) is 21.3 Å². The Labute approximate surface area is 601 Å². The number of hydrogen-bond donors (Lipinski definition) is 4. The van der Waals surface area contributed by atoms with Crippen LogP contribution in [0.5, 0.6) is 0 Å². The van der Waals surface area contributed by atoms with Crippen molar-refractivity contribution >= 4 is 77.1 Å². The van der Waals surface area contributed by atoms with Crippen molar-refractivity contribution < 1.29 is 86.1 Å². The molecule has 0 aliphatic carbocycles. The summed E-state index contributed by atoms with van der Waals surface area (Å²) in [5.41, 5.74) is -0.873. The summed E-state index contributed by atoms with van der Waals surface area (Å²) in [4.78, 5) is 196. The number of amides is 11. The Morgan fingerprint density at radius 1 is 0.554 bits per heavy atom. The summed E-state index contributed by atoms with van der Waals surface area (Å²) in [5, 5.41) is 11.9. The van der Waals surface area contributed by atoms with E-state index in [9.17, 15) is 52.7 Å². The van der Waals surface area contributed by atoms with Gasteiger partial charge in [-0.25, -0.2) is 14.7 Å². The molecule has 0 bridgehead atoms. The Morgan fingerprint density at radius 2 is 1.04 bits per heavy atom. The molecule has 4 N–H and O–H groups in total. The number of esters is 2. The van der Waals surface area contributed by atoms with Crippen molar-refractivity contribution in [3.8, 4) is 0 Å². The maximum atomic E-state index is 15.1. The quantitative estimate of drug-likeness (QED) is 0.0263. The highest BCUT2D eigenvalue weighted by Crippen LogP contribution is 2.34. The fourth-order valence-corrected chi connectivity index (χ4v) is 11.8. The molecule has 0 aromatic rings. The van der Waals surface area contributed by atoms with Crippen molar-refractivity contribution in [1.82, 2.24) is 55.7 Å². The molecule has 29 heteroatoms. The second-order valence-electron chi connectivity index (χ2n) is 29.9. The molecule has 1 rings (SSSR count). The molecule has 11 amide bonds. The number of carbonyl (C=O) groups excluding carboxylic acids is 13. The van der Waals surface area contributed by atoms with Crippen LogP contribution in [-0.2, 0) is 81.3 Å². The number of allylic oxidation sites excluding steroid dienone is 2. The van der Waals surface area contributed by atoms with Crippen molar-refractivity contribution in [2.24, 2.45) is 35.5 Å². The maximum Gasteiger partial charge on any atom is 0.410 e. The molecular formula is C72H127N11O18. The largest absolute Gasteiger partial charge is 0.467 e. The predicted octanol–water partition coefficient (Wildman–Crippen LogP) is 5.25. The Kier molecular flexibility index (Phi) is 38.3. The number of nitrogens with one attached hydrogen (secondary N) is 4. The van der Waals surface area contributed by atoms with Crippen molar-refractivity contribution in [2.45, 2.75) is 275 Å². The molecule has 1 saturated heterocycles. The summed E-state index contributed by atoms with van der Waals surface area (Å²) in [5.74, 6) is -9.80. The normalized spacial score (nSPS) is 17.5. The summed E-state index contributed by atoms with van der Waals surface area (Å²) < 4.78 is 21.5. The van der Waals surface area contributed by atoms with Crippen molar-refractivity contribution in [3.63, 3.8) is 0 Å². The van der Waals surface area contributed by atoms with Gasteiger partial charge in [0.2, 0.25) is 53.2 Å². The van der Waals surface area contributed by atoms with Gasteiger partial charge >= 0.3 is 18.0 Å². The van der Waals surface area contributed by atoms with Gasteiger partial charge in [0.25, 0.3) is 5.91 Å². The molecule has 101 heavy (non-hydrogen) atoms. The third kappa shape index (κ3) is 27.4. The zero-order valence-electron chi connectivity index (χ0n) is 66.0. The van der Waals surface area contributed by atoms with E-state index in [0.29, 0.717) is 19.3 Å². The summed E-state index contributed by atoms with van der Waals surface area (Å²) >= 11 is 0. The molecule has 1 aliphatic rings. The maximum absolute atomic E-state index is 15.1.